The van der Waals surface area contributed by atoms with Gasteiger partial charge in [-0.2, -0.15) is 13.2 Å². The molecule has 0 saturated carbocycles. The van der Waals surface area contributed by atoms with E-state index in [0.717, 1.165) is 21.2 Å². The number of benzene rings is 1. The molecule has 0 aliphatic rings. The van der Waals surface area contributed by atoms with Gasteiger partial charge in [0.1, 0.15) is 5.82 Å². The van der Waals surface area contributed by atoms with E-state index in [-0.39, 0.29) is 10.9 Å². The second-order valence-corrected chi connectivity index (χ2v) is 7.64. The van der Waals surface area contributed by atoms with Crippen LogP contribution in [0.15, 0.2) is 46.9 Å². The summed E-state index contributed by atoms with van der Waals surface area (Å²) < 4.78 is 52.3. The van der Waals surface area contributed by atoms with Crippen LogP contribution < -0.4 is 5.32 Å². The molecule has 148 valence electrons. The van der Waals surface area contributed by atoms with Gasteiger partial charge in [0.2, 0.25) is 11.7 Å². The van der Waals surface area contributed by atoms with Gasteiger partial charge in [-0.1, -0.05) is 30.0 Å². The van der Waals surface area contributed by atoms with E-state index in [2.05, 4.69) is 15.5 Å². The maximum Gasteiger partial charge on any atom is 0.451 e. The molecular weight excluding hydrogens is 416 g/mol. The summed E-state index contributed by atoms with van der Waals surface area (Å²) in [5.74, 6) is -2.06. The Balaban J connectivity index is 1.70. The predicted octanol–water partition coefficient (Wildman–Crippen LogP) is 4.03. The molecule has 28 heavy (non-hydrogen) atoms. The number of thiophene rings is 1. The van der Waals surface area contributed by atoms with Gasteiger partial charge in [-0.25, -0.2) is 4.39 Å². The van der Waals surface area contributed by atoms with E-state index in [1.54, 1.807) is 12.1 Å². The molecule has 0 fully saturated rings. The molecule has 2 heterocycles. The maximum absolute atomic E-state index is 13.2. The smallest absolute Gasteiger partial charge is 0.344 e. The van der Waals surface area contributed by atoms with Gasteiger partial charge in [-0.15, -0.1) is 21.5 Å². The number of carbonyl (C=O) groups is 1. The minimum Gasteiger partial charge on any atom is -0.344 e. The van der Waals surface area contributed by atoms with Crippen molar-refractivity contribution in [2.45, 2.75) is 17.4 Å². The third-order valence-corrected chi connectivity index (χ3v) is 5.71. The Kier molecular flexibility index (Phi) is 6.04. The van der Waals surface area contributed by atoms with Gasteiger partial charge in [0.25, 0.3) is 0 Å². The van der Waals surface area contributed by atoms with E-state index in [1.807, 2.05) is 17.5 Å². The number of amides is 1. The third kappa shape index (κ3) is 4.71. The lowest BCUT2D eigenvalue weighted by molar-refractivity contribution is -0.147. The highest BCUT2D eigenvalue weighted by Gasteiger charge is 2.37. The number of nitrogens with one attached hydrogen (secondary N) is 1. The summed E-state index contributed by atoms with van der Waals surface area (Å²) in [4.78, 5) is 13.2. The average molecular weight is 430 g/mol. The first-order valence-corrected chi connectivity index (χ1v) is 9.80. The standard InChI is InChI=1S/C17H14F4N4OS2/c1-25-15(17(19,20)21)23-24-16(25)28-9-13(26)22-14(12-3-2-8-27-12)10-4-6-11(18)7-5-10/h2-8,14H,9H2,1H3,(H,22,26). The fourth-order valence-electron chi connectivity index (χ4n) is 2.45. The van der Waals surface area contributed by atoms with Gasteiger partial charge >= 0.3 is 6.18 Å². The van der Waals surface area contributed by atoms with Crippen molar-refractivity contribution in [3.8, 4) is 0 Å². The summed E-state index contributed by atoms with van der Waals surface area (Å²) in [6, 6.07) is 8.93. The van der Waals surface area contributed by atoms with Crippen molar-refractivity contribution in [2.24, 2.45) is 7.05 Å². The first-order valence-electron chi connectivity index (χ1n) is 7.93. The Labute approximate surface area is 165 Å². The van der Waals surface area contributed by atoms with Crippen LogP contribution >= 0.6 is 23.1 Å². The first-order chi connectivity index (χ1) is 13.3. The molecule has 1 aromatic carbocycles. The molecule has 11 heteroatoms. The highest BCUT2D eigenvalue weighted by Crippen LogP contribution is 2.30. The fourth-order valence-corrected chi connectivity index (χ4v) is 3.97. The molecule has 0 spiro atoms. The number of carbonyl (C=O) groups excluding carboxylic acids is 1. The predicted molar refractivity (Wildman–Crippen MR) is 97.4 cm³/mol. The number of alkyl halides is 3. The van der Waals surface area contributed by atoms with E-state index in [4.69, 9.17) is 0 Å². The summed E-state index contributed by atoms with van der Waals surface area (Å²) >= 11 is 2.28. The van der Waals surface area contributed by atoms with Crippen molar-refractivity contribution >= 4 is 29.0 Å². The molecule has 1 amide bonds. The maximum atomic E-state index is 13.2. The molecule has 0 aliphatic heterocycles. The summed E-state index contributed by atoms with van der Waals surface area (Å²) in [7, 11) is 1.19. The molecule has 0 bridgehead atoms. The Bertz CT molecular complexity index is 939. The molecule has 1 atom stereocenters. The Hall–Kier alpha value is -2.40. The van der Waals surface area contributed by atoms with Crippen molar-refractivity contribution in [2.75, 3.05) is 5.75 Å². The van der Waals surface area contributed by atoms with Crippen LogP contribution in [0, 0.1) is 5.82 Å². The van der Waals surface area contributed by atoms with E-state index >= 15 is 0 Å². The minimum atomic E-state index is -4.62. The number of rotatable bonds is 6. The zero-order valence-corrected chi connectivity index (χ0v) is 16.0. The van der Waals surface area contributed by atoms with Crippen LogP contribution in [0.2, 0.25) is 0 Å². The highest BCUT2D eigenvalue weighted by molar-refractivity contribution is 7.99. The number of thioether (sulfide) groups is 1. The largest absolute Gasteiger partial charge is 0.451 e. The van der Waals surface area contributed by atoms with Crippen LogP contribution in [0.25, 0.3) is 0 Å². The second-order valence-electron chi connectivity index (χ2n) is 5.72. The number of nitrogens with zero attached hydrogens (tertiary/aromatic N) is 3. The van der Waals surface area contributed by atoms with E-state index in [1.165, 1.54) is 30.5 Å². The molecule has 0 aliphatic carbocycles. The molecule has 5 nitrogen and oxygen atoms in total. The first kappa shape index (κ1) is 20.3. The normalized spacial score (nSPS) is 12.8. The van der Waals surface area contributed by atoms with E-state index in [0.29, 0.717) is 5.56 Å². The number of hydrogen-bond acceptors (Lipinski definition) is 5. The van der Waals surface area contributed by atoms with Crippen molar-refractivity contribution < 1.29 is 22.4 Å². The van der Waals surface area contributed by atoms with Crippen molar-refractivity contribution in [1.82, 2.24) is 20.1 Å². The molecule has 1 N–H and O–H groups in total. The zero-order valence-electron chi connectivity index (χ0n) is 14.4. The molecule has 3 aromatic rings. The van der Waals surface area contributed by atoms with Crippen LogP contribution in [0.3, 0.4) is 0 Å². The molecule has 0 radical (unpaired) electrons. The van der Waals surface area contributed by atoms with Crippen LogP contribution in [0.4, 0.5) is 17.6 Å². The molecule has 0 saturated heterocycles. The summed E-state index contributed by atoms with van der Waals surface area (Å²) in [5.41, 5.74) is 0.695. The van der Waals surface area contributed by atoms with E-state index < -0.39 is 29.8 Å². The monoisotopic (exact) mass is 430 g/mol. The minimum absolute atomic E-state index is 0.0167. The van der Waals surface area contributed by atoms with Crippen LogP contribution in [-0.2, 0) is 18.0 Å². The van der Waals surface area contributed by atoms with Crippen LogP contribution in [0.1, 0.15) is 22.3 Å². The van der Waals surface area contributed by atoms with E-state index in [9.17, 15) is 22.4 Å². The number of halogens is 4. The molecular formula is C17H14F4N4OS2. The lowest BCUT2D eigenvalue weighted by Crippen LogP contribution is -2.30. The zero-order chi connectivity index (χ0) is 20.3. The average Bonchev–Trinajstić information content (AvgIpc) is 3.28. The Morgan fingerprint density at radius 1 is 1.25 bits per heavy atom. The summed E-state index contributed by atoms with van der Waals surface area (Å²) in [6.45, 7) is 0. The van der Waals surface area contributed by atoms with Crippen molar-refractivity contribution in [1.29, 1.82) is 0 Å². The van der Waals surface area contributed by atoms with Gasteiger partial charge in [-0.3, -0.25) is 4.79 Å². The van der Waals surface area contributed by atoms with Gasteiger partial charge in [-0.05, 0) is 29.1 Å². The van der Waals surface area contributed by atoms with Crippen LogP contribution in [0.5, 0.6) is 0 Å². The quantitative estimate of drug-likeness (QED) is 0.474. The van der Waals surface area contributed by atoms with Gasteiger partial charge in [0.15, 0.2) is 5.16 Å². The highest BCUT2D eigenvalue weighted by atomic mass is 32.2. The second kappa shape index (κ2) is 8.31. The molecule has 3 rings (SSSR count). The Morgan fingerprint density at radius 3 is 2.54 bits per heavy atom. The lowest BCUT2D eigenvalue weighted by atomic mass is 10.1. The molecule has 2 aromatic heterocycles. The number of hydrogen-bond donors (Lipinski definition) is 1. The third-order valence-electron chi connectivity index (χ3n) is 3.76. The SMILES string of the molecule is Cn1c(SCC(=O)NC(c2ccc(F)cc2)c2cccs2)nnc1C(F)(F)F. The molecule has 1 unspecified atom stereocenters. The Morgan fingerprint density at radius 2 is 1.96 bits per heavy atom. The van der Waals surface area contributed by atoms with Crippen LogP contribution in [-0.4, -0.2) is 26.4 Å². The fraction of sp³-hybridized carbons (Fsp3) is 0.235. The van der Waals surface area contributed by atoms with Crippen molar-refractivity contribution in [3.05, 3.63) is 63.9 Å². The summed E-state index contributed by atoms with van der Waals surface area (Å²) in [5, 5.41) is 11.3. The number of aromatic nitrogens is 3. The van der Waals surface area contributed by atoms with Gasteiger partial charge in [0, 0.05) is 11.9 Å². The van der Waals surface area contributed by atoms with Gasteiger partial charge < -0.3 is 9.88 Å². The summed E-state index contributed by atoms with van der Waals surface area (Å²) in [6.07, 6.45) is -4.62. The van der Waals surface area contributed by atoms with Crippen molar-refractivity contribution in [3.63, 3.8) is 0 Å². The van der Waals surface area contributed by atoms with Gasteiger partial charge in [0.05, 0.1) is 11.8 Å². The lowest BCUT2D eigenvalue weighted by Gasteiger charge is -2.18. The topological polar surface area (TPSA) is 59.8 Å².